The second-order valence-electron chi connectivity index (χ2n) is 3.64. The summed E-state index contributed by atoms with van der Waals surface area (Å²) in [5.74, 6) is 6.92. The lowest BCUT2D eigenvalue weighted by molar-refractivity contribution is 0.126. The molecule has 1 aromatic rings. The van der Waals surface area contributed by atoms with Gasteiger partial charge in [-0.15, -0.1) is 0 Å². The van der Waals surface area contributed by atoms with Crippen LogP contribution in [0, 0.1) is 0 Å². The molecule has 0 radical (unpaired) electrons. The van der Waals surface area contributed by atoms with Crippen LogP contribution >= 0.6 is 0 Å². The maximum atomic E-state index is 5.50. The average molecular weight is 209 g/mol. The first-order valence-corrected chi connectivity index (χ1v) is 5.02. The fourth-order valence-corrected chi connectivity index (χ4v) is 1.61. The molecule has 1 aliphatic heterocycles. The van der Waals surface area contributed by atoms with E-state index in [0.717, 1.165) is 17.1 Å². The van der Waals surface area contributed by atoms with Gasteiger partial charge in [0.2, 0.25) is 0 Å². The van der Waals surface area contributed by atoms with Gasteiger partial charge in [-0.25, -0.2) is 5.90 Å². The molecule has 0 saturated carbocycles. The number of hydrogen-bond donors (Lipinski definition) is 1. The average Bonchev–Trinajstić information content (AvgIpc) is 2.29. The monoisotopic (exact) mass is 209 g/mol. The summed E-state index contributed by atoms with van der Waals surface area (Å²) in [7, 11) is 0. The predicted octanol–water partition coefficient (Wildman–Crippen LogP) is 1.45. The molecule has 1 heterocycles. The Labute approximate surface area is 88.9 Å². The molecule has 4 nitrogen and oxygen atoms in total. The molecule has 2 rings (SSSR count). The Morgan fingerprint density at radius 1 is 1.33 bits per heavy atom. The van der Waals surface area contributed by atoms with Gasteiger partial charge in [0.25, 0.3) is 0 Å². The van der Waals surface area contributed by atoms with Crippen molar-refractivity contribution in [2.24, 2.45) is 5.90 Å². The minimum Gasteiger partial charge on any atom is -0.486 e. The molecule has 1 aromatic carbocycles. The zero-order valence-corrected chi connectivity index (χ0v) is 8.73. The molecule has 15 heavy (non-hydrogen) atoms. The van der Waals surface area contributed by atoms with Crippen molar-refractivity contribution in [2.45, 2.75) is 12.8 Å². The van der Waals surface area contributed by atoms with Crippen LogP contribution in [0.2, 0.25) is 0 Å². The summed E-state index contributed by atoms with van der Waals surface area (Å²) in [5.41, 5.74) is 1.14. The summed E-state index contributed by atoms with van der Waals surface area (Å²) < 4.78 is 10.9. The Balaban J connectivity index is 2.20. The molecule has 0 aliphatic carbocycles. The molecule has 0 saturated heterocycles. The van der Waals surface area contributed by atoms with Gasteiger partial charge >= 0.3 is 0 Å². The summed E-state index contributed by atoms with van der Waals surface area (Å²) in [6.07, 6.45) is 0. The van der Waals surface area contributed by atoms with E-state index < -0.39 is 0 Å². The smallest absolute Gasteiger partial charge is 0.161 e. The van der Waals surface area contributed by atoms with Crippen molar-refractivity contribution in [3.63, 3.8) is 0 Å². The fourth-order valence-electron chi connectivity index (χ4n) is 1.61. The van der Waals surface area contributed by atoms with E-state index >= 15 is 0 Å². The van der Waals surface area contributed by atoms with E-state index in [1.807, 2.05) is 18.2 Å². The molecule has 0 fully saturated rings. The molecule has 2 N–H and O–H groups in total. The van der Waals surface area contributed by atoms with Crippen molar-refractivity contribution in [3.8, 4) is 11.5 Å². The first-order valence-electron chi connectivity index (χ1n) is 5.02. The van der Waals surface area contributed by atoms with Crippen LogP contribution in [0.1, 0.15) is 18.4 Å². The third kappa shape index (κ3) is 2.22. The molecule has 0 aromatic heterocycles. The third-order valence-electron chi connectivity index (χ3n) is 2.48. The van der Waals surface area contributed by atoms with Crippen LogP contribution in [-0.4, -0.2) is 19.8 Å². The maximum absolute atomic E-state index is 5.50. The van der Waals surface area contributed by atoms with Gasteiger partial charge in [0.05, 0.1) is 6.61 Å². The number of ether oxygens (including phenoxy) is 2. The SMILES string of the molecule is CC(CON)c1ccc2c(c1)OCCO2. The first kappa shape index (κ1) is 10.3. The summed E-state index contributed by atoms with van der Waals surface area (Å²) in [5, 5.41) is 0. The van der Waals surface area contributed by atoms with Gasteiger partial charge in [-0.2, -0.15) is 0 Å². The topological polar surface area (TPSA) is 53.7 Å². The van der Waals surface area contributed by atoms with Gasteiger partial charge in [0, 0.05) is 5.92 Å². The largest absolute Gasteiger partial charge is 0.486 e. The van der Waals surface area contributed by atoms with Crippen molar-refractivity contribution >= 4 is 0 Å². The summed E-state index contributed by atoms with van der Waals surface area (Å²) in [6.45, 7) is 3.78. The second kappa shape index (κ2) is 4.51. The van der Waals surface area contributed by atoms with Crippen LogP contribution in [0.3, 0.4) is 0 Å². The van der Waals surface area contributed by atoms with Crippen LogP contribution < -0.4 is 15.4 Å². The number of fused-ring (bicyclic) bond motifs is 1. The lowest BCUT2D eigenvalue weighted by atomic mass is 10.0. The zero-order valence-electron chi connectivity index (χ0n) is 8.73. The van der Waals surface area contributed by atoms with Crippen molar-refractivity contribution in [2.75, 3.05) is 19.8 Å². The van der Waals surface area contributed by atoms with Crippen molar-refractivity contribution in [1.82, 2.24) is 0 Å². The standard InChI is InChI=1S/C11H15NO3/c1-8(7-15-12)9-2-3-10-11(6-9)14-5-4-13-10/h2-3,6,8H,4-5,7,12H2,1H3. The van der Waals surface area contributed by atoms with Crippen molar-refractivity contribution < 1.29 is 14.3 Å². The molecule has 0 amide bonds. The number of hydrogen-bond acceptors (Lipinski definition) is 4. The van der Waals surface area contributed by atoms with Gasteiger partial charge in [0.1, 0.15) is 13.2 Å². The van der Waals surface area contributed by atoms with Crippen LogP contribution in [0.5, 0.6) is 11.5 Å². The molecule has 1 aliphatic rings. The van der Waals surface area contributed by atoms with E-state index in [2.05, 4.69) is 11.8 Å². The van der Waals surface area contributed by atoms with E-state index in [0.29, 0.717) is 19.8 Å². The number of rotatable bonds is 3. The van der Waals surface area contributed by atoms with E-state index in [9.17, 15) is 0 Å². The second-order valence-corrected chi connectivity index (χ2v) is 3.64. The quantitative estimate of drug-likeness (QED) is 0.765. The van der Waals surface area contributed by atoms with Crippen LogP contribution in [0.25, 0.3) is 0 Å². The van der Waals surface area contributed by atoms with Crippen LogP contribution in [0.15, 0.2) is 18.2 Å². The minimum absolute atomic E-state index is 0.255. The minimum atomic E-state index is 0.255. The lowest BCUT2D eigenvalue weighted by Gasteiger charge is -2.20. The van der Waals surface area contributed by atoms with E-state index in [4.69, 9.17) is 15.4 Å². The lowest BCUT2D eigenvalue weighted by Crippen LogP contribution is -2.16. The highest BCUT2D eigenvalue weighted by Crippen LogP contribution is 2.32. The Morgan fingerprint density at radius 2 is 2.07 bits per heavy atom. The molecule has 1 unspecified atom stereocenters. The summed E-state index contributed by atoms with van der Waals surface area (Å²) >= 11 is 0. The zero-order chi connectivity index (χ0) is 10.7. The van der Waals surface area contributed by atoms with E-state index in [1.165, 1.54) is 0 Å². The van der Waals surface area contributed by atoms with Crippen LogP contribution in [-0.2, 0) is 4.84 Å². The van der Waals surface area contributed by atoms with Crippen molar-refractivity contribution in [1.29, 1.82) is 0 Å². The van der Waals surface area contributed by atoms with Gasteiger partial charge in [0.15, 0.2) is 11.5 Å². The highest BCUT2D eigenvalue weighted by atomic mass is 16.6. The molecule has 0 spiro atoms. The third-order valence-corrected chi connectivity index (χ3v) is 2.48. The molecule has 1 atom stereocenters. The highest BCUT2D eigenvalue weighted by molar-refractivity contribution is 5.44. The molecule has 0 bridgehead atoms. The Kier molecular flexibility index (Phi) is 3.08. The maximum Gasteiger partial charge on any atom is 0.161 e. The van der Waals surface area contributed by atoms with Gasteiger partial charge in [-0.1, -0.05) is 13.0 Å². The summed E-state index contributed by atoms with van der Waals surface area (Å²) in [4.78, 5) is 4.63. The Hall–Kier alpha value is -1.26. The van der Waals surface area contributed by atoms with Gasteiger partial charge in [-0.05, 0) is 17.7 Å². The predicted molar refractivity (Wildman–Crippen MR) is 56.0 cm³/mol. The van der Waals surface area contributed by atoms with E-state index in [1.54, 1.807) is 0 Å². The molecular formula is C11H15NO3. The highest BCUT2D eigenvalue weighted by Gasteiger charge is 2.14. The van der Waals surface area contributed by atoms with Crippen molar-refractivity contribution in [3.05, 3.63) is 23.8 Å². The Morgan fingerprint density at radius 3 is 2.80 bits per heavy atom. The van der Waals surface area contributed by atoms with Gasteiger partial charge in [-0.3, -0.25) is 0 Å². The molecular weight excluding hydrogens is 194 g/mol. The Bertz CT molecular complexity index is 341. The van der Waals surface area contributed by atoms with Gasteiger partial charge < -0.3 is 14.3 Å². The first-order chi connectivity index (χ1) is 7.31. The summed E-state index contributed by atoms with van der Waals surface area (Å²) in [6, 6.07) is 5.92. The van der Waals surface area contributed by atoms with Crippen LogP contribution in [0.4, 0.5) is 0 Å². The molecule has 4 heteroatoms. The number of benzene rings is 1. The number of nitrogens with two attached hydrogens (primary N) is 1. The fraction of sp³-hybridized carbons (Fsp3) is 0.455. The molecule has 82 valence electrons. The normalized spacial score (nSPS) is 16.1. The van der Waals surface area contributed by atoms with E-state index in [-0.39, 0.29) is 5.92 Å².